The van der Waals surface area contributed by atoms with Gasteiger partial charge in [0.05, 0.1) is 11.1 Å². The Morgan fingerprint density at radius 1 is 1.44 bits per heavy atom. The van der Waals surface area contributed by atoms with E-state index in [1.165, 1.54) is 6.07 Å². The SMILES string of the molecule is C#CCCNc1ccc(C(=O)O)c(C(F)(F)F)c1. The van der Waals surface area contributed by atoms with Gasteiger partial charge in [-0.1, -0.05) is 0 Å². The van der Waals surface area contributed by atoms with Crippen LogP contribution in [0.4, 0.5) is 18.9 Å². The van der Waals surface area contributed by atoms with Gasteiger partial charge >= 0.3 is 12.1 Å². The number of hydrogen-bond donors (Lipinski definition) is 2. The summed E-state index contributed by atoms with van der Waals surface area (Å²) in [5.74, 6) is 0.720. The van der Waals surface area contributed by atoms with E-state index in [-0.39, 0.29) is 5.69 Å². The Hall–Kier alpha value is -2.16. The molecular weight excluding hydrogens is 247 g/mol. The van der Waals surface area contributed by atoms with Crippen molar-refractivity contribution in [1.29, 1.82) is 0 Å². The lowest BCUT2D eigenvalue weighted by Gasteiger charge is -2.12. The van der Waals surface area contributed by atoms with Gasteiger partial charge in [-0.3, -0.25) is 0 Å². The molecule has 0 aromatic heterocycles. The highest BCUT2D eigenvalue weighted by Gasteiger charge is 2.35. The van der Waals surface area contributed by atoms with E-state index in [0.717, 1.165) is 12.1 Å². The molecule has 0 saturated carbocycles. The maximum absolute atomic E-state index is 12.7. The minimum Gasteiger partial charge on any atom is -0.478 e. The van der Waals surface area contributed by atoms with Gasteiger partial charge in [-0.25, -0.2) is 4.79 Å². The summed E-state index contributed by atoms with van der Waals surface area (Å²) >= 11 is 0. The number of rotatable bonds is 4. The Morgan fingerprint density at radius 2 is 2.11 bits per heavy atom. The van der Waals surface area contributed by atoms with E-state index in [9.17, 15) is 18.0 Å². The van der Waals surface area contributed by atoms with E-state index in [4.69, 9.17) is 11.5 Å². The van der Waals surface area contributed by atoms with Gasteiger partial charge < -0.3 is 10.4 Å². The average molecular weight is 257 g/mol. The highest BCUT2D eigenvalue weighted by Crippen LogP contribution is 2.33. The molecule has 0 aliphatic rings. The monoisotopic (exact) mass is 257 g/mol. The lowest BCUT2D eigenvalue weighted by molar-refractivity contribution is -0.138. The Kier molecular flexibility index (Phi) is 4.21. The summed E-state index contributed by atoms with van der Waals surface area (Å²) in [5, 5.41) is 11.4. The number of carboxylic acids is 1. The van der Waals surface area contributed by atoms with Crippen LogP contribution in [0.15, 0.2) is 18.2 Å². The standard InChI is InChI=1S/C12H10F3NO2/c1-2-3-6-16-8-4-5-9(11(17)18)10(7-8)12(13,14)15/h1,4-5,7,16H,3,6H2,(H,17,18). The molecule has 0 fully saturated rings. The summed E-state index contributed by atoms with van der Waals surface area (Å²) in [6, 6.07) is 2.96. The number of halogens is 3. The van der Waals surface area contributed by atoms with Crippen LogP contribution in [0.5, 0.6) is 0 Å². The zero-order chi connectivity index (χ0) is 13.8. The van der Waals surface area contributed by atoms with Gasteiger partial charge in [-0.15, -0.1) is 12.3 Å². The van der Waals surface area contributed by atoms with Crippen LogP contribution in [0.2, 0.25) is 0 Å². The van der Waals surface area contributed by atoms with E-state index < -0.39 is 23.3 Å². The van der Waals surface area contributed by atoms with Crippen molar-refractivity contribution in [3.8, 4) is 12.3 Å². The van der Waals surface area contributed by atoms with Crippen LogP contribution < -0.4 is 5.32 Å². The van der Waals surface area contributed by atoms with E-state index in [2.05, 4.69) is 11.2 Å². The summed E-state index contributed by atoms with van der Waals surface area (Å²) < 4.78 is 38.0. The van der Waals surface area contributed by atoms with Gasteiger partial charge in [0.1, 0.15) is 0 Å². The Labute approximate surface area is 102 Å². The highest BCUT2D eigenvalue weighted by atomic mass is 19.4. The Morgan fingerprint density at radius 3 is 2.61 bits per heavy atom. The number of hydrogen-bond acceptors (Lipinski definition) is 2. The fraction of sp³-hybridized carbons (Fsp3) is 0.250. The summed E-state index contributed by atoms with van der Waals surface area (Å²) in [5.41, 5.74) is -1.77. The number of terminal acetylenes is 1. The molecule has 0 saturated heterocycles. The van der Waals surface area contributed by atoms with Crippen LogP contribution >= 0.6 is 0 Å². The zero-order valence-electron chi connectivity index (χ0n) is 9.21. The predicted octanol–water partition coefficient (Wildman–Crippen LogP) is 2.84. The molecule has 96 valence electrons. The van der Waals surface area contributed by atoms with Crippen LogP contribution in [0.3, 0.4) is 0 Å². The third kappa shape index (κ3) is 3.42. The molecule has 3 nitrogen and oxygen atoms in total. The van der Waals surface area contributed by atoms with Gasteiger partial charge in [0, 0.05) is 18.7 Å². The first-order valence-corrected chi connectivity index (χ1v) is 4.98. The lowest BCUT2D eigenvalue weighted by atomic mass is 10.1. The Bertz CT molecular complexity index is 489. The topological polar surface area (TPSA) is 49.3 Å². The molecule has 2 N–H and O–H groups in total. The molecule has 0 unspecified atom stereocenters. The number of benzene rings is 1. The van der Waals surface area contributed by atoms with Gasteiger partial charge in [0.2, 0.25) is 0 Å². The highest BCUT2D eigenvalue weighted by molar-refractivity contribution is 5.90. The molecule has 0 heterocycles. The number of alkyl halides is 3. The summed E-state index contributed by atoms with van der Waals surface area (Å²) in [6.45, 7) is 0.320. The average Bonchev–Trinajstić information content (AvgIpc) is 2.28. The maximum atomic E-state index is 12.7. The minimum atomic E-state index is -4.71. The van der Waals surface area contributed by atoms with Crippen LogP contribution in [0, 0.1) is 12.3 Å². The normalized spacial score (nSPS) is 10.8. The molecule has 6 heteroatoms. The van der Waals surface area contributed by atoms with Crippen LogP contribution in [-0.2, 0) is 6.18 Å². The number of carbonyl (C=O) groups is 1. The van der Waals surface area contributed by atoms with Crippen molar-refractivity contribution in [2.24, 2.45) is 0 Å². The second-order valence-corrected chi connectivity index (χ2v) is 3.44. The molecule has 0 radical (unpaired) electrons. The molecule has 0 spiro atoms. The maximum Gasteiger partial charge on any atom is 0.417 e. The first-order chi connectivity index (χ1) is 8.36. The summed E-state index contributed by atoms with van der Waals surface area (Å²) in [4.78, 5) is 10.7. The quantitative estimate of drug-likeness (QED) is 0.644. The lowest BCUT2D eigenvalue weighted by Crippen LogP contribution is -2.14. The molecule has 0 atom stereocenters. The summed E-state index contributed by atoms with van der Waals surface area (Å²) in [7, 11) is 0. The van der Waals surface area contributed by atoms with Crippen molar-refractivity contribution in [1.82, 2.24) is 0 Å². The summed E-state index contributed by atoms with van der Waals surface area (Å²) in [6.07, 6.45) is 0.660. The largest absolute Gasteiger partial charge is 0.478 e. The first kappa shape index (κ1) is 13.9. The van der Waals surface area contributed by atoms with Crippen molar-refractivity contribution in [2.45, 2.75) is 12.6 Å². The van der Waals surface area contributed by atoms with Crippen molar-refractivity contribution in [2.75, 3.05) is 11.9 Å². The second kappa shape index (κ2) is 5.45. The molecule has 0 bridgehead atoms. The molecule has 0 aliphatic carbocycles. The molecule has 1 rings (SSSR count). The first-order valence-electron chi connectivity index (χ1n) is 4.98. The van der Waals surface area contributed by atoms with E-state index >= 15 is 0 Å². The van der Waals surface area contributed by atoms with E-state index in [0.29, 0.717) is 13.0 Å². The number of carboxylic acid groups (broad SMARTS) is 1. The predicted molar refractivity (Wildman–Crippen MR) is 60.3 cm³/mol. The van der Waals surface area contributed by atoms with E-state index in [1.54, 1.807) is 0 Å². The van der Waals surface area contributed by atoms with Gasteiger partial charge in [-0.05, 0) is 18.2 Å². The Balaban J connectivity index is 3.07. The van der Waals surface area contributed by atoms with Crippen LogP contribution in [-0.4, -0.2) is 17.6 Å². The smallest absolute Gasteiger partial charge is 0.417 e. The van der Waals surface area contributed by atoms with Gasteiger partial charge in [0.15, 0.2) is 0 Å². The molecule has 0 aliphatic heterocycles. The van der Waals surface area contributed by atoms with E-state index in [1.807, 2.05) is 0 Å². The number of nitrogens with one attached hydrogen (secondary N) is 1. The third-order valence-electron chi connectivity index (χ3n) is 2.15. The molecule has 0 amide bonds. The molecule has 18 heavy (non-hydrogen) atoms. The van der Waals surface area contributed by atoms with Crippen molar-refractivity contribution in [3.05, 3.63) is 29.3 Å². The number of aromatic carboxylic acids is 1. The fourth-order valence-corrected chi connectivity index (χ4v) is 1.35. The molecule has 1 aromatic rings. The van der Waals surface area contributed by atoms with Crippen LogP contribution in [0.25, 0.3) is 0 Å². The fourth-order valence-electron chi connectivity index (χ4n) is 1.35. The van der Waals surface area contributed by atoms with Crippen molar-refractivity contribution >= 4 is 11.7 Å². The molecule has 1 aromatic carbocycles. The van der Waals surface area contributed by atoms with Crippen LogP contribution in [0.1, 0.15) is 22.3 Å². The van der Waals surface area contributed by atoms with Gasteiger partial charge in [-0.2, -0.15) is 13.2 Å². The van der Waals surface area contributed by atoms with Crippen molar-refractivity contribution in [3.63, 3.8) is 0 Å². The second-order valence-electron chi connectivity index (χ2n) is 3.44. The minimum absolute atomic E-state index is 0.183. The zero-order valence-corrected chi connectivity index (χ0v) is 9.21. The number of anilines is 1. The van der Waals surface area contributed by atoms with Gasteiger partial charge in [0.25, 0.3) is 0 Å². The van der Waals surface area contributed by atoms with Crippen molar-refractivity contribution < 1.29 is 23.1 Å². The molecular formula is C12H10F3NO2. The third-order valence-corrected chi connectivity index (χ3v) is 2.15.